The minimum atomic E-state index is -3.81. The number of rotatable bonds is 5. The Kier molecular flexibility index (Phi) is 5.48. The van der Waals surface area contributed by atoms with Crippen LogP contribution in [0.25, 0.3) is 0 Å². The first-order valence-corrected chi connectivity index (χ1v) is 13.4. The fourth-order valence-corrected chi connectivity index (χ4v) is 6.63. The Hall–Kier alpha value is -3.25. The number of benzene rings is 3. The van der Waals surface area contributed by atoms with Gasteiger partial charge in [0.25, 0.3) is 10.0 Å². The number of hydrogen-bond acceptors (Lipinski definition) is 4. The molecule has 0 aromatic heterocycles. The zero-order chi connectivity index (χ0) is 25.0. The molecular formula is C29H30N2O3S. The van der Waals surface area contributed by atoms with Crippen LogP contribution in [-0.4, -0.2) is 31.4 Å². The number of carbonyl (C=O) groups excluding carboxylic acids is 1. The van der Waals surface area contributed by atoms with Gasteiger partial charge in [-0.15, -0.1) is 0 Å². The molecule has 6 heteroatoms. The highest BCUT2D eigenvalue weighted by atomic mass is 32.2. The second kappa shape index (κ2) is 8.16. The number of carbonyl (C=O) groups is 1. The van der Waals surface area contributed by atoms with Gasteiger partial charge in [0.2, 0.25) is 0 Å². The first-order valence-electron chi connectivity index (χ1n) is 11.9. The summed E-state index contributed by atoms with van der Waals surface area (Å²) in [5.74, 6) is 0.645. The van der Waals surface area contributed by atoms with Crippen LogP contribution in [0, 0.1) is 12.8 Å². The van der Waals surface area contributed by atoms with E-state index in [4.69, 9.17) is 4.99 Å². The molecule has 180 valence electrons. The molecule has 3 aromatic rings. The maximum absolute atomic E-state index is 13.8. The average molecular weight is 487 g/mol. The highest BCUT2D eigenvalue weighted by Gasteiger charge is 2.67. The number of para-hydroxylation sites is 1. The number of sulfonamides is 1. The highest BCUT2D eigenvalue weighted by molar-refractivity contribution is 7.89. The van der Waals surface area contributed by atoms with Crippen LogP contribution in [0.1, 0.15) is 54.2 Å². The van der Waals surface area contributed by atoms with E-state index >= 15 is 0 Å². The van der Waals surface area contributed by atoms with Crippen molar-refractivity contribution in [3.05, 3.63) is 95.1 Å². The number of piperidine rings is 1. The Bertz CT molecular complexity index is 1420. The number of aliphatic imine (C=N–C) groups is 1. The third-order valence-electron chi connectivity index (χ3n) is 7.29. The van der Waals surface area contributed by atoms with Crippen LogP contribution in [0.5, 0.6) is 0 Å². The van der Waals surface area contributed by atoms with Crippen molar-refractivity contribution in [2.45, 2.75) is 49.8 Å². The molecule has 1 heterocycles. The molecule has 35 heavy (non-hydrogen) atoms. The van der Waals surface area contributed by atoms with Crippen LogP contribution in [0.3, 0.4) is 0 Å². The van der Waals surface area contributed by atoms with E-state index in [-0.39, 0.29) is 16.2 Å². The van der Waals surface area contributed by atoms with E-state index in [0.29, 0.717) is 23.6 Å². The molecule has 1 aliphatic heterocycles. The SMILES string of the molecule is Cc1ccc(S(=O)(=O)N2C[C@H]3C[C@@]3(c3ccc(C(C)(C)C)cc3)C2=Nc2ccccc2C=O)cc1. The number of hydrogen-bond donors (Lipinski definition) is 0. The Morgan fingerprint density at radius 1 is 0.971 bits per heavy atom. The van der Waals surface area contributed by atoms with Crippen molar-refractivity contribution in [3.63, 3.8) is 0 Å². The molecule has 2 atom stereocenters. The zero-order valence-electron chi connectivity index (χ0n) is 20.5. The molecule has 5 nitrogen and oxygen atoms in total. The Labute approximate surface area is 207 Å². The maximum Gasteiger partial charge on any atom is 0.265 e. The summed E-state index contributed by atoms with van der Waals surface area (Å²) in [6.45, 7) is 8.83. The van der Waals surface area contributed by atoms with Gasteiger partial charge in [-0.1, -0.05) is 74.9 Å². The fourth-order valence-electron chi connectivity index (χ4n) is 5.09. The van der Waals surface area contributed by atoms with Crippen LogP contribution in [0.4, 0.5) is 5.69 Å². The van der Waals surface area contributed by atoms with Crippen LogP contribution in [0.15, 0.2) is 82.7 Å². The number of aldehydes is 1. The molecule has 5 rings (SSSR count). The van der Waals surface area contributed by atoms with Gasteiger partial charge in [0, 0.05) is 12.1 Å². The lowest BCUT2D eigenvalue weighted by Crippen LogP contribution is -2.38. The number of aryl methyl sites for hydroxylation is 1. The lowest BCUT2D eigenvalue weighted by Gasteiger charge is -2.26. The largest absolute Gasteiger partial charge is 0.298 e. The van der Waals surface area contributed by atoms with E-state index in [1.54, 1.807) is 30.3 Å². The van der Waals surface area contributed by atoms with Gasteiger partial charge in [-0.25, -0.2) is 13.4 Å². The van der Waals surface area contributed by atoms with Gasteiger partial charge in [0.15, 0.2) is 6.29 Å². The predicted octanol–water partition coefficient (Wildman–Crippen LogP) is 5.80. The van der Waals surface area contributed by atoms with Crippen LogP contribution in [0.2, 0.25) is 0 Å². The quantitative estimate of drug-likeness (QED) is 0.428. The summed E-state index contributed by atoms with van der Waals surface area (Å²) in [5.41, 5.74) is 3.76. The molecule has 0 unspecified atom stereocenters. The van der Waals surface area contributed by atoms with E-state index < -0.39 is 15.4 Å². The molecule has 0 radical (unpaired) electrons. The smallest absolute Gasteiger partial charge is 0.265 e. The van der Waals surface area contributed by atoms with Gasteiger partial charge in [-0.2, -0.15) is 0 Å². The Balaban J connectivity index is 1.66. The van der Waals surface area contributed by atoms with Crippen LogP contribution >= 0.6 is 0 Å². The van der Waals surface area contributed by atoms with Crippen molar-refractivity contribution in [1.29, 1.82) is 0 Å². The van der Waals surface area contributed by atoms with Crippen molar-refractivity contribution < 1.29 is 13.2 Å². The zero-order valence-corrected chi connectivity index (χ0v) is 21.3. The summed E-state index contributed by atoms with van der Waals surface area (Å²) >= 11 is 0. The van der Waals surface area contributed by atoms with E-state index in [9.17, 15) is 13.2 Å². The van der Waals surface area contributed by atoms with Crippen molar-refractivity contribution in [1.82, 2.24) is 4.31 Å². The molecular weight excluding hydrogens is 456 g/mol. The van der Waals surface area contributed by atoms with E-state index in [1.165, 1.54) is 9.87 Å². The minimum absolute atomic E-state index is 0.0233. The van der Waals surface area contributed by atoms with E-state index in [0.717, 1.165) is 23.8 Å². The van der Waals surface area contributed by atoms with Crippen LogP contribution < -0.4 is 0 Å². The monoisotopic (exact) mass is 486 g/mol. The summed E-state index contributed by atoms with van der Waals surface area (Å²) in [6, 6.07) is 22.5. The summed E-state index contributed by atoms with van der Waals surface area (Å²) in [6.07, 6.45) is 1.60. The molecule has 1 saturated heterocycles. The number of amidine groups is 1. The second-order valence-electron chi connectivity index (χ2n) is 10.7. The topological polar surface area (TPSA) is 66.8 Å². The van der Waals surface area contributed by atoms with Gasteiger partial charge < -0.3 is 0 Å². The number of nitrogens with zero attached hydrogens (tertiary/aromatic N) is 2. The molecule has 0 bridgehead atoms. The molecule has 0 spiro atoms. The first kappa shape index (κ1) is 23.5. The standard InChI is InChI=1S/C29H30N2O3S/c1-20-9-15-25(16-10-20)35(33,34)31-18-24-17-29(24,23-13-11-22(12-14-23)28(2,3)4)27(31)30-26-8-6-5-7-21(26)19-32/h5-16,19,24H,17-18H2,1-4H3/t24-,29+/m1/s1. The molecule has 3 aromatic carbocycles. The highest BCUT2D eigenvalue weighted by Crippen LogP contribution is 2.61. The van der Waals surface area contributed by atoms with Gasteiger partial charge in [-0.3, -0.25) is 9.10 Å². The van der Waals surface area contributed by atoms with Gasteiger partial charge >= 0.3 is 0 Å². The van der Waals surface area contributed by atoms with E-state index in [1.807, 2.05) is 25.1 Å². The summed E-state index contributed by atoms with van der Waals surface area (Å²) < 4.78 is 29.1. The fraction of sp³-hybridized carbons (Fsp3) is 0.310. The van der Waals surface area contributed by atoms with Gasteiger partial charge in [0.05, 0.1) is 16.0 Å². The third-order valence-corrected chi connectivity index (χ3v) is 9.06. The Morgan fingerprint density at radius 3 is 2.26 bits per heavy atom. The molecule has 0 N–H and O–H groups in total. The van der Waals surface area contributed by atoms with Crippen molar-refractivity contribution in [2.24, 2.45) is 10.9 Å². The normalized spacial score (nSPS) is 22.8. The predicted molar refractivity (Wildman–Crippen MR) is 139 cm³/mol. The first-order chi connectivity index (χ1) is 16.6. The maximum atomic E-state index is 13.8. The molecule has 1 saturated carbocycles. The molecule has 2 fully saturated rings. The van der Waals surface area contributed by atoms with Gasteiger partial charge in [0.1, 0.15) is 5.84 Å². The molecule has 2 aliphatic rings. The summed E-state index contributed by atoms with van der Waals surface area (Å²) in [7, 11) is -3.81. The van der Waals surface area contributed by atoms with Crippen molar-refractivity contribution in [2.75, 3.05) is 6.54 Å². The van der Waals surface area contributed by atoms with Crippen LogP contribution in [-0.2, 0) is 20.9 Å². The minimum Gasteiger partial charge on any atom is -0.298 e. The van der Waals surface area contributed by atoms with Crippen molar-refractivity contribution >= 4 is 27.8 Å². The van der Waals surface area contributed by atoms with Gasteiger partial charge in [-0.05, 0) is 60.1 Å². The summed E-state index contributed by atoms with van der Waals surface area (Å²) in [4.78, 5) is 16.8. The average Bonchev–Trinajstić information content (AvgIpc) is 3.48. The lowest BCUT2D eigenvalue weighted by atomic mass is 9.84. The third kappa shape index (κ3) is 3.90. The lowest BCUT2D eigenvalue weighted by molar-refractivity contribution is 0.112. The second-order valence-corrected chi connectivity index (χ2v) is 12.5. The Morgan fingerprint density at radius 2 is 1.63 bits per heavy atom. The molecule has 0 amide bonds. The molecule has 1 aliphatic carbocycles. The number of fused-ring (bicyclic) bond motifs is 1. The van der Waals surface area contributed by atoms with E-state index in [2.05, 4.69) is 45.0 Å². The van der Waals surface area contributed by atoms with Crippen molar-refractivity contribution in [3.8, 4) is 0 Å². The summed E-state index contributed by atoms with van der Waals surface area (Å²) in [5, 5.41) is 0.